The summed E-state index contributed by atoms with van der Waals surface area (Å²) in [4.78, 5) is 12.0. The standard InChI is InChI=1S/C12H8ClN3O.C9H9BrO2/c13-8-5-6-12(17)11(7-8)16-14-9-3-1-2-4-10(9)15-16;1-6(9(11)12)7-2-4-8(10)5-3-7/h1-7,17H;2-6H,1H3,(H,11,12). The number of halogens is 2. The molecule has 1 heterocycles. The third-order valence-electron chi connectivity index (χ3n) is 4.18. The first-order valence-corrected chi connectivity index (χ1v) is 9.81. The maximum atomic E-state index is 10.6. The van der Waals surface area contributed by atoms with Crippen molar-refractivity contribution in [1.29, 1.82) is 0 Å². The summed E-state index contributed by atoms with van der Waals surface area (Å²) in [6.07, 6.45) is 0. The molecule has 0 saturated heterocycles. The zero-order chi connectivity index (χ0) is 21.0. The summed E-state index contributed by atoms with van der Waals surface area (Å²) in [5.41, 5.74) is 2.83. The van der Waals surface area contributed by atoms with Crippen molar-refractivity contribution in [1.82, 2.24) is 15.0 Å². The van der Waals surface area contributed by atoms with Gasteiger partial charge in [0.25, 0.3) is 0 Å². The first-order chi connectivity index (χ1) is 13.8. The largest absolute Gasteiger partial charge is 0.506 e. The number of rotatable bonds is 3. The van der Waals surface area contributed by atoms with E-state index in [1.165, 1.54) is 10.9 Å². The third-order valence-corrected chi connectivity index (χ3v) is 4.94. The van der Waals surface area contributed by atoms with Crippen molar-refractivity contribution >= 4 is 44.5 Å². The van der Waals surface area contributed by atoms with Crippen LogP contribution in [0.15, 0.2) is 71.2 Å². The lowest BCUT2D eigenvalue weighted by Crippen LogP contribution is -2.06. The molecule has 0 amide bonds. The Morgan fingerprint density at radius 2 is 1.62 bits per heavy atom. The molecule has 29 heavy (non-hydrogen) atoms. The summed E-state index contributed by atoms with van der Waals surface area (Å²) in [6.45, 7) is 1.67. The van der Waals surface area contributed by atoms with Crippen LogP contribution in [0.3, 0.4) is 0 Å². The number of aromatic nitrogens is 3. The number of hydrogen-bond acceptors (Lipinski definition) is 4. The van der Waals surface area contributed by atoms with Crippen LogP contribution in [0.2, 0.25) is 5.02 Å². The van der Waals surface area contributed by atoms with Gasteiger partial charge < -0.3 is 10.2 Å². The number of carboxylic acid groups (broad SMARTS) is 1. The average Bonchev–Trinajstić information content (AvgIpc) is 3.14. The molecule has 6 nitrogen and oxygen atoms in total. The predicted octanol–water partition coefficient (Wildman–Crippen LogP) is 5.42. The Morgan fingerprint density at radius 3 is 2.17 bits per heavy atom. The number of fused-ring (bicyclic) bond motifs is 1. The maximum Gasteiger partial charge on any atom is 0.310 e. The van der Waals surface area contributed by atoms with Crippen LogP contribution >= 0.6 is 27.5 Å². The summed E-state index contributed by atoms with van der Waals surface area (Å²) < 4.78 is 0.962. The SMILES string of the molecule is CC(C(=O)O)c1ccc(Br)cc1.Oc1ccc(Cl)cc1-n1nc2ccccc2n1. The van der Waals surface area contributed by atoms with Crippen LogP contribution in [-0.2, 0) is 4.79 Å². The highest BCUT2D eigenvalue weighted by atomic mass is 79.9. The number of nitrogens with zero attached hydrogens (tertiary/aromatic N) is 3. The molecule has 1 unspecified atom stereocenters. The molecule has 0 radical (unpaired) electrons. The fraction of sp³-hybridized carbons (Fsp3) is 0.0952. The highest BCUT2D eigenvalue weighted by Crippen LogP contribution is 2.25. The van der Waals surface area contributed by atoms with Gasteiger partial charge in [-0.1, -0.05) is 51.8 Å². The van der Waals surface area contributed by atoms with Crippen molar-refractivity contribution in [2.75, 3.05) is 0 Å². The molecule has 8 heteroatoms. The van der Waals surface area contributed by atoms with Crippen LogP contribution in [-0.4, -0.2) is 31.2 Å². The Kier molecular flexibility index (Phi) is 6.51. The van der Waals surface area contributed by atoms with Crippen molar-refractivity contribution in [3.05, 3.63) is 81.8 Å². The van der Waals surface area contributed by atoms with Crippen LogP contribution in [0.4, 0.5) is 0 Å². The second kappa shape index (κ2) is 9.07. The van der Waals surface area contributed by atoms with Crippen LogP contribution in [0.5, 0.6) is 5.75 Å². The van der Waals surface area contributed by atoms with Crippen LogP contribution in [0, 0.1) is 0 Å². The van der Waals surface area contributed by atoms with Crippen LogP contribution < -0.4 is 0 Å². The number of phenols is 1. The van der Waals surface area contributed by atoms with Crippen molar-refractivity contribution in [3.8, 4) is 11.4 Å². The van der Waals surface area contributed by atoms with E-state index in [-0.39, 0.29) is 5.75 Å². The molecule has 1 atom stereocenters. The lowest BCUT2D eigenvalue weighted by molar-refractivity contribution is -0.138. The Labute approximate surface area is 180 Å². The Hall–Kier alpha value is -2.90. The van der Waals surface area contributed by atoms with Gasteiger partial charge in [-0.05, 0) is 55.0 Å². The van der Waals surface area contributed by atoms with Crippen LogP contribution in [0.1, 0.15) is 18.4 Å². The summed E-state index contributed by atoms with van der Waals surface area (Å²) in [5, 5.41) is 27.5. The van der Waals surface area contributed by atoms with E-state index < -0.39 is 11.9 Å². The normalized spacial score (nSPS) is 11.6. The average molecular weight is 475 g/mol. The number of carboxylic acids is 1. The lowest BCUT2D eigenvalue weighted by Gasteiger charge is -2.05. The van der Waals surface area contributed by atoms with Gasteiger partial charge in [-0.2, -0.15) is 0 Å². The molecule has 0 aliphatic heterocycles. The molecule has 0 fully saturated rings. The van der Waals surface area contributed by atoms with E-state index in [4.69, 9.17) is 16.7 Å². The fourth-order valence-corrected chi connectivity index (χ4v) is 2.95. The van der Waals surface area contributed by atoms with Gasteiger partial charge in [0.05, 0.1) is 5.92 Å². The number of aliphatic carboxylic acids is 1. The van der Waals surface area contributed by atoms with Gasteiger partial charge in [0.15, 0.2) is 0 Å². The second-order valence-corrected chi connectivity index (χ2v) is 7.57. The molecular weight excluding hydrogens is 458 g/mol. The predicted molar refractivity (Wildman–Crippen MR) is 116 cm³/mol. The first kappa shape index (κ1) is 20.8. The molecule has 2 N–H and O–H groups in total. The van der Waals surface area contributed by atoms with E-state index in [0.29, 0.717) is 10.7 Å². The Bertz CT molecular complexity index is 1110. The molecule has 3 aromatic carbocycles. The minimum Gasteiger partial charge on any atom is -0.506 e. The summed E-state index contributed by atoms with van der Waals surface area (Å²) in [7, 11) is 0. The van der Waals surface area contributed by atoms with Gasteiger partial charge in [-0.3, -0.25) is 4.79 Å². The van der Waals surface area contributed by atoms with Crippen molar-refractivity contribution in [2.45, 2.75) is 12.8 Å². The van der Waals surface area contributed by atoms with E-state index in [0.717, 1.165) is 21.1 Å². The number of hydrogen-bond donors (Lipinski definition) is 2. The number of carbonyl (C=O) groups is 1. The van der Waals surface area contributed by atoms with Gasteiger partial charge in [-0.15, -0.1) is 15.0 Å². The molecule has 0 bridgehead atoms. The van der Waals surface area contributed by atoms with E-state index in [9.17, 15) is 9.90 Å². The van der Waals surface area contributed by atoms with E-state index in [1.807, 2.05) is 48.5 Å². The van der Waals surface area contributed by atoms with Crippen LogP contribution in [0.25, 0.3) is 16.7 Å². The third kappa shape index (κ3) is 5.13. The van der Waals surface area contributed by atoms with Gasteiger partial charge in [-0.25, -0.2) is 0 Å². The van der Waals surface area contributed by atoms with Gasteiger partial charge in [0.2, 0.25) is 0 Å². The first-order valence-electron chi connectivity index (χ1n) is 8.64. The fourth-order valence-electron chi connectivity index (χ4n) is 2.52. The van der Waals surface area contributed by atoms with Crippen molar-refractivity contribution in [2.24, 2.45) is 0 Å². The second-order valence-electron chi connectivity index (χ2n) is 6.22. The zero-order valence-electron chi connectivity index (χ0n) is 15.3. The van der Waals surface area contributed by atoms with E-state index in [1.54, 1.807) is 19.1 Å². The molecule has 0 spiro atoms. The van der Waals surface area contributed by atoms with Gasteiger partial charge in [0.1, 0.15) is 22.5 Å². The molecule has 0 saturated carbocycles. The molecule has 0 aliphatic rings. The van der Waals surface area contributed by atoms with Crippen molar-refractivity contribution in [3.63, 3.8) is 0 Å². The minimum atomic E-state index is -0.794. The number of benzene rings is 3. The summed E-state index contributed by atoms with van der Waals surface area (Å²) in [5.74, 6) is -1.13. The highest BCUT2D eigenvalue weighted by Gasteiger charge is 2.12. The monoisotopic (exact) mass is 473 g/mol. The minimum absolute atomic E-state index is 0.0923. The Morgan fingerprint density at radius 1 is 1.03 bits per heavy atom. The quantitative estimate of drug-likeness (QED) is 0.414. The topological polar surface area (TPSA) is 88.2 Å². The molecule has 4 aromatic rings. The zero-order valence-corrected chi connectivity index (χ0v) is 17.7. The number of aromatic hydroxyl groups is 1. The summed E-state index contributed by atoms with van der Waals surface area (Å²) >= 11 is 9.17. The highest BCUT2D eigenvalue weighted by molar-refractivity contribution is 9.10. The van der Waals surface area contributed by atoms with E-state index >= 15 is 0 Å². The van der Waals surface area contributed by atoms with E-state index in [2.05, 4.69) is 26.1 Å². The van der Waals surface area contributed by atoms with Gasteiger partial charge in [0, 0.05) is 9.50 Å². The summed E-state index contributed by atoms with van der Waals surface area (Å²) in [6, 6.07) is 19.6. The lowest BCUT2D eigenvalue weighted by atomic mass is 10.0. The number of phenolic OH excluding ortho intramolecular Hbond substituents is 1. The molecule has 0 aliphatic carbocycles. The maximum absolute atomic E-state index is 10.6. The Balaban J connectivity index is 0.000000177. The van der Waals surface area contributed by atoms with Gasteiger partial charge >= 0.3 is 5.97 Å². The van der Waals surface area contributed by atoms with Crippen molar-refractivity contribution < 1.29 is 15.0 Å². The molecule has 1 aromatic heterocycles. The molecule has 148 valence electrons. The molecular formula is C21H17BrClN3O3. The smallest absolute Gasteiger partial charge is 0.310 e. The molecule has 4 rings (SSSR count).